The number of halogens is 2. The van der Waals surface area contributed by atoms with Gasteiger partial charge in [-0.1, -0.05) is 45.7 Å². The third-order valence-electron chi connectivity index (χ3n) is 5.21. The Kier molecular flexibility index (Phi) is 6.04. The molecule has 7 heteroatoms. The summed E-state index contributed by atoms with van der Waals surface area (Å²) in [6.45, 7) is 3.48. The van der Waals surface area contributed by atoms with E-state index >= 15 is 0 Å². The number of piperazine rings is 1. The van der Waals surface area contributed by atoms with Crippen LogP contribution in [0.3, 0.4) is 0 Å². The summed E-state index contributed by atoms with van der Waals surface area (Å²) in [7, 11) is 0. The van der Waals surface area contributed by atoms with Crippen molar-refractivity contribution in [2.75, 3.05) is 26.2 Å². The van der Waals surface area contributed by atoms with Crippen molar-refractivity contribution in [3.8, 4) is 0 Å². The van der Waals surface area contributed by atoms with Crippen molar-refractivity contribution < 1.29 is 9.21 Å². The van der Waals surface area contributed by atoms with Crippen LogP contribution in [0.4, 0.5) is 0 Å². The zero-order valence-corrected chi connectivity index (χ0v) is 18.1. The molecule has 1 aliphatic rings. The number of hydrogen-bond acceptors (Lipinski definition) is 4. The summed E-state index contributed by atoms with van der Waals surface area (Å²) in [5.74, 6) is 0.0911. The van der Waals surface area contributed by atoms with Gasteiger partial charge in [0, 0.05) is 53.7 Å². The Balaban J connectivity index is 1.40. The highest BCUT2D eigenvalue weighted by molar-refractivity contribution is 9.10. The predicted octanol–water partition coefficient (Wildman–Crippen LogP) is 4.10. The summed E-state index contributed by atoms with van der Waals surface area (Å²) in [6.07, 6.45) is 0.318. The van der Waals surface area contributed by atoms with Crippen molar-refractivity contribution in [1.29, 1.82) is 0 Å². The fourth-order valence-corrected chi connectivity index (χ4v) is 4.19. The number of amides is 1. The Labute approximate surface area is 182 Å². The van der Waals surface area contributed by atoms with E-state index in [2.05, 4.69) is 20.8 Å². The molecule has 29 heavy (non-hydrogen) atoms. The standard InChI is InChI=1S/C22H20BrClN2O3/c23-17-5-6-18-16(12-22(28)29-20(18)13-17)14-25-7-9-26(10-8-25)21(27)11-15-3-1-2-4-19(15)24/h1-6,12-13H,7-11,14H2. The van der Waals surface area contributed by atoms with Crippen molar-refractivity contribution in [2.45, 2.75) is 13.0 Å². The second-order valence-corrected chi connectivity index (χ2v) is 8.48. The molecule has 1 saturated heterocycles. The third kappa shape index (κ3) is 4.71. The number of nitrogens with zero attached hydrogens (tertiary/aromatic N) is 2. The van der Waals surface area contributed by atoms with Crippen LogP contribution in [0.25, 0.3) is 11.0 Å². The lowest BCUT2D eigenvalue weighted by atomic mass is 10.1. The van der Waals surface area contributed by atoms with Crippen LogP contribution in [-0.2, 0) is 17.8 Å². The van der Waals surface area contributed by atoms with Crippen molar-refractivity contribution in [3.63, 3.8) is 0 Å². The predicted molar refractivity (Wildman–Crippen MR) is 117 cm³/mol. The van der Waals surface area contributed by atoms with Crippen LogP contribution < -0.4 is 5.63 Å². The molecule has 3 aromatic rings. The summed E-state index contributed by atoms with van der Waals surface area (Å²) in [5.41, 5.74) is 2.03. The molecule has 1 amide bonds. The van der Waals surface area contributed by atoms with Crippen molar-refractivity contribution in [1.82, 2.24) is 9.80 Å². The Morgan fingerprint density at radius 1 is 1.03 bits per heavy atom. The Hall–Kier alpha value is -2.15. The van der Waals surface area contributed by atoms with Crippen LogP contribution in [0.2, 0.25) is 5.02 Å². The van der Waals surface area contributed by atoms with Gasteiger partial charge in [0.25, 0.3) is 0 Å². The average molecular weight is 476 g/mol. The first kappa shape index (κ1) is 20.1. The van der Waals surface area contributed by atoms with Gasteiger partial charge in [-0.2, -0.15) is 0 Å². The minimum absolute atomic E-state index is 0.0911. The largest absolute Gasteiger partial charge is 0.423 e. The van der Waals surface area contributed by atoms with Gasteiger partial charge in [0.1, 0.15) is 5.58 Å². The summed E-state index contributed by atoms with van der Waals surface area (Å²) in [5, 5.41) is 1.56. The number of fused-ring (bicyclic) bond motifs is 1. The van der Waals surface area contributed by atoms with E-state index in [0.29, 0.717) is 36.7 Å². The smallest absolute Gasteiger partial charge is 0.336 e. The summed E-state index contributed by atoms with van der Waals surface area (Å²) in [4.78, 5) is 28.7. The molecule has 1 aliphatic heterocycles. The molecular weight excluding hydrogens is 456 g/mol. The van der Waals surface area contributed by atoms with E-state index in [-0.39, 0.29) is 11.5 Å². The lowest BCUT2D eigenvalue weighted by molar-refractivity contribution is -0.132. The maximum absolute atomic E-state index is 12.6. The number of carbonyl (C=O) groups is 1. The number of benzene rings is 2. The van der Waals surface area contributed by atoms with Crippen LogP contribution in [0.5, 0.6) is 0 Å². The van der Waals surface area contributed by atoms with Crippen LogP contribution in [0, 0.1) is 0 Å². The highest BCUT2D eigenvalue weighted by Gasteiger charge is 2.22. The molecule has 150 valence electrons. The molecule has 0 bridgehead atoms. The normalized spacial score (nSPS) is 15.0. The molecular formula is C22H20BrClN2O3. The van der Waals surface area contributed by atoms with Gasteiger partial charge in [0.05, 0.1) is 6.42 Å². The second-order valence-electron chi connectivity index (χ2n) is 7.16. The van der Waals surface area contributed by atoms with E-state index in [9.17, 15) is 9.59 Å². The maximum Gasteiger partial charge on any atom is 0.336 e. The molecule has 1 fully saturated rings. The minimum atomic E-state index is -0.348. The van der Waals surface area contributed by atoms with Crippen LogP contribution >= 0.6 is 27.5 Å². The molecule has 0 saturated carbocycles. The van der Waals surface area contributed by atoms with Gasteiger partial charge in [0.15, 0.2) is 0 Å². The van der Waals surface area contributed by atoms with Gasteiger partial charge in [-0.05, 0) is 35.4 Å². The average Bonchev–Trinajstić information content (AvgIpc) is 2.69. The van der Waals surface area contributed by atoms with Crippen molar-refractivity contribution in [2.24, 2.45) is 0 Å². The van der Waals surface area contributed by atoms with E-state index < -0.39 is 0 Å². The maximum atomic E-state index is 12.6. The lowest BCUT2D eigenvalue weighted by Gasteiger charge is -2.35. The van der Waals surface area contributed by atoms with Crippen molar-refractivity contribution >= 4 is 44.4 Å². The highest BCUT2D eigenvalue weighted by atomic mass is 79.9. The van der Waals surface area contributed by atoms with Crippen LogP contribution in [0.15, 0.2) is 62.2 Å². The Morgan fingerprint density at radius 3 is 2.55 bits per heavy atom. The van der Waals surface area contributed by atoms with E-state index in [1.165, 1.54) is 0 Å². The third-order valence-corrected chi connectivity index (χ3v) is 6.07. The van der Waals surface area contributed by atoms with E-state index in [1.807, 2.05) is 41.3 Å². The quantitative estimate of drug-likeness (QED) is 0.533. The number of carbonyl (C=O) groups excluding carboxylic acids is 1. The van der Waals surface area contributed by atoms with Gasteiger partial charge < -0.3 is 9.32 Å². The van der Waals surface area contributed by atoms with Gasteiger partial charge >= 0.3 is 5.63 Å². The van der Waals surface area contributed by atoms with Crippen LogP contribution in [0.1, 0.15) is 11.1 Å². The molecule has 2 aromatic carbocycles. The highest BCUT2D eigenvalue weighted by Crippen LogP contribution is 2.23. The van der Waals surface area contributed by atoms with Gasteiger partial charge in [-0.15, -0.1) is 0 Å². The molecule has 0 radical (unpaired) electrons. The Bertz CT molecular complexity index is 1110. The molecule has 5 nitrogen and oxygen atoms in total. The first-order valence-electron chi connectivity index (χ1n) is 9.45. The summed E-state index contributed by atoms with van der Waals surface area (Å²) in [6, 6.07) is 14.7. The van der Waals surface area contributed by atoms with Crippen LogP contribution in [-0.4, -0.2) is 41.9 Å². The fourth-order valence-electron chi connectivity index (χ4n) is 3.65. The number of hydrogen-bond donors (Lipinski definition) is 0. The van der Waals surface area contributed by atoms with E-state index in [4.69, 9.17) is 16.0 Å². The van der Waals surface area contributed by atoms with Gasteiger partial charge in [0.2, 0.25) is 5.91 Å². The molecule has 0 spiro atoms. The monoisotopic (exact) mass is 474 g/mol. The first-order chi connectivity index (χ1) is 14.0. The van der Waals surface area contributed by atoms with E-state index in [0.717, 1.165) is 34.1 Å². The molecule has 0 atom stereocenters. The van der Waals surface area contributed by atoms with Crippen molar-refractivity contribution in [3.05, 3.63) is 79.6 Å². The Morgan fingerprint density at radius 2 is 1.79 bits per heavy atom. The molecule has 0 unspecified atom stereocenters. The summed E-state index contributed by atoms with van der Waals surface area (Å²) >= 11 is 9.59. The summed E-state index contributed by atoms with van der Waals surface area (Å²) < 4.78 is 6.19. The molecule has 2 heterocycles. The molecule has 0 aliphatic carbocycles. The topological polar surface area (TPSA) is 53.8 Å². The molecule has 1 aromatic heterocycles. The number of rotatable bonds is 4. The fraction of sp³-hybridized carbons (Fsp3) is 0.273. The van der Waals surface area contributed by atoms with E-state index in [1.54, 1.807) is 12.1 Å². The zero-order chi connectivity index (χ0) is 20.4. The molecule has 0 N–H and O–H groups in total. The lowest BCUT2D eigenvalue weighted by Crippen LogP contribution is -2.48. The zero-order valence-electron chi connectivity index (χ0n) is 15.7. The van der Waals surface area contributed by atoms with Gasteiger partial charge in [-0.25, -0.2) is 4.79 Å². The first-order valence-corrected chi connectivity index (χ1v) is 10.6. The van der Waals surface area contributed by atoms with Gasteiger partial charge in [-0.3, -0.25) is 9.69 Å². The second kappa shape index (κ2) is 8.69. The minimum Gasteiger partial charge on any atom is -0.423 e. The SMILES string of the molecule is O=C(Cc1ccccc1Cl)N1CCN(Cc2cc(=O)oc3cc(Br)ccc23)CC1. The molecule has 4 rings (SSSR count).